The Hall–Kier alpha value is -2.09. The number of unbranched alkanes of at least 4 members (excludes halogenated alkanes) is 1. The lowest BCUT2D eigenvalue weighted by molar-refractivity contribution is -0.155. The van der Waals surface area contributed by atoms with E-state index in [4.69, 9.17) is 24.1 Å². The molecule has 3 rings (SSSR count). The summed E-state index contributed by atoms with van der Waals surface area (Å²) in [4.78, 5) is 14.7. The van der Waals surface area contributed by atoms with E-state index < -0.39 is 6.29 Å². The summed E-state index contributed by atoms with van der Waals surface area (Å²) in [5.41, 5.74) is 1.08. The lowest BCUT2D eigenvalue weighted by atomic mass is 9.92. The number of aliphatic hydroxyl groups excluding tert-OH is 1. The van der Waals surface area contributed by atoms with Gasteiger partial charge < -0.3 is 29.0 Å². The molecule has 0 unspecified atom stereocenters. The van der Waals surface area contributed by atoms with Gasteiger partial charge in [-0.3, -0.25) is 4.79 Å². The van der Waals surface area contributed by atoms with Crippen molar-refractivity contribution in [1.29, 1.82) is 0 Å². The van der Waals surface area contributed by atoms with Crippen molar-refractivity contribution >= 4 is 5.91 Å². The smallest absolute Gasteiger partial charge is 0.288 e. The zero-order valence-corrected chi connectivity index (χ0v) is 16.3. The summed E-state index contributed by atoms with van der Waals surface area (Å²) in [5, 5.41) is 8.93. The number of carbonyl (C=O) groups is 1. The molecule has 0 spiro atoms. The first-order valence-corrected chi connectivity index (χ1v) is 9.83. The molecule has 0 aromatic heterocycles. The highest BCUT2D eigenvalue weighted by molar-refractivity contribution is 5.91. The molecule has 7 nitrogen and oxygen atoms in total. The van der Waals surface area contributed by atoms with Crippen LogP contribution in [0, 0.1) is 0 Å². The summed E-state index contributed by atoms with van der Waals surface area (Å²) in [7, 11) is 1.64. The minimum absolute atomic E-state index is 0.0162. The van der Waals surface area contributed by atoms with Crippen molar-refractivity contribution in [1.82, 2.24) is 4.90 Å². The lowest BCUT2D eigenvalue weighted by Crippen LogP contribution is -2.43. The fraction of sp³-hybridized carbons (Fsp3) is 0.571. The Morgan fingerprint density at radius 1 is 1.21 bits per heavy atom. The monoisotopic (exact) mass is 391 g/mol. The fourth-order valence-electron chi connectivity index (χ4n) is 3.35. The third kappa shape index (κ3) is 5.47. The maximum Gasteiger partial charge on any atom is 0.288 e. The summed E-state index contributed by atoms with van der Waals surface area (Å²) in [6, 6.07) is 7.84. The van der Waals surface area contributed by atoms with Crippen LogP contribution in [0.25, 0.3) is 0 Å². The first kappa shape index (κ1) is 20.6. The fourth-order valence-corrected chi connectivity index (χ4v) is 3.35. The van der Waals surface area contributed by atoms with Gasteiger partial charge in [-0.25, -0.2) is 0 Å². The van der Waals surface area contributed by atoms with E-state index in [1.807, 2.05) is 30.3 Å². The number of hydrogen-bond acceptors (Lipinski definition) is 6. The molecule has 2 heterocycles. The normalized spacial score (nSPS) is 22.4. The molecule has 1 fully saturated rings. The quantitative estimate of drug-likeness (QED) is 0.684. The van der Waals surface area contributed by atoms with E-state index >= 15 is 0 Å². The van der Waals surface area contributed by atoms with Crippen LogP contribution in [0.5, 0.6) is 5.75 Å². The maximum atomic E-state index is 12.9. The van der Waals surface area contributed by atoms with Gasteiger partial charge >= 0.3 is 0 Å². The van der Waals surface area contributed by atoms with Crippen LogP contribution >= 0.6 is 0 Å². The van der Waals surface area contributed by atoms with Crippen molar-refractivity contribution in [2.75, 3.05) is 46.6 Å². The lowest BCUT2D eigenvalue weighted by Gasteiger charge is -2.33. The molecule has 2 atom stereocenters. The Kier molecular flexibility index (Phi) is 7.71. The van der Waals surface area contributed by atoms with Crippen molar-refractivity contribution in [3.8, 4) is 5.75 Å². The van der Waals surface area contributed by atoms with Crippen LogP contribution in [0.3, 0.4) is 0 Å². The Bertz CT molecular complexity index is 653. The third-order valence-corrected chi connectivity index (χ3v) is 4.97. The molecule has 0 aliphatic carbocycles. The molecule has 2 aliphatic rings. The van der Waals surface area contributed by atoms with E-state index in [1.54, 1.807) is 12.0 Å². The van der Waals surface area contributed by atoms with Gasteiger partial charge in [-0.05, 0) is 36.6 Å². The summed E-state index contributed by atoms with van der Waals surface area (Å²) >= 11 is 0. The minimum atomic E-state index is -0.490. The number of nitrogens with zero attached hydrogens (tertiary/aromatic N) is 1. The molecule has 28 heavy (non-hydrogen) atoms. The number of morpholine rings is 1. The molecule has 2 aliphatic heterocycles. The van der Waals surface area contributed by atoms with E-state index in [2.05, 4.69) is 0 Å². The summed E-state index contributed by atoms with van der Waals surface area (Å²) in [5.74, 6) is 1.02. The van der Waals surface area contributed by atoms with E-state index in [-0.39, 0.29) is 18.4 Å². The highest BCUT2D eigenvalue weighted by Crippen LogP contribution is 2.33. The molecule has 154 valence electrons. The van der Waals surface area contributed by atoms with E-state index in [1.165, 1.54) is 0 Å². The second-order valence-corrected chi connectivity index (χ2v) is 6.90. The van der Waals surface area contributed by atoms with E-state index in [0.717, 1.165) is 17.7 Å². The maximum absolute atomic E-state index is 12.9. The Balaban J connectivity index is 1.74. The van der Waals surface area contributed by atoms with Crippen molar-refractivity contribution in [3.63, 3.8) is 0 Å². The van der Waals surface area contributed by atoms with Gasteiger partial charge in [-0.2, -0.15) is 0 Å². The summed E-state index contributed by atoms with van der Waals surface area (Å²) in [6.07, 6.45) is 3.47. The predicted octanol–water partition coefficient (Wildman–Crippen LogP) is 2.06. The molecule has 1 saturated heterocycles. The molecule has 1 aromatic carbocycles. The van der Waals surface area contributed by atoms with Crippen LogP contribution in [0.4, 0.5) is 0 Å². The van der Waals surface area contributed by atoms with E-state index in [0.29, 0.717) is 51.5 Å². The van der Waals surface area contributed by atoms with Gasteiger partial charge in [-0.1, -0.05) is 12.1 Å². The van der Waals surface area contributed by atoms with Gasteiger partial charge in [0, 0.05) is 32.0 Å². The Morgan fingerprint density at radius 2 is 1.96 bits per heavy atom. The molecule has 0 saturated carbocycles. The first-order chi connectivity index (χ1) is 13.7. The van der Waals surface area contributed by atoms with Crippen LogP contribution in [-0.4, -0.2) is 68.8 Å². The average Bonchev–Trinajstić information content (AvgIpc) is 2.76. The van der Waals surface area contributed by atoms with Crippen LogP contribution in [0.15, 0.2) is 36.1 Å². The zero-order chi connectivity index (χ0) is 19.8. The van der Waals surface area contributed by atoms with Crippen LogP contribution in [0.1, 0.15) is 30.7 Å². The van der Waals surface area contributed by atoms with Gasteiger partial charge in [0.05, 0.1) is 26.9 Å². The Labute approximate surface area is 165 Å². The first-order valence-electron chi connectivity index (χ1n) is 9.83. The van der Waals surface area contributed by atoms with Gasteiger partial charge in [0.25, 0.3) is 5.91 Å². The van der Waals surface area contributed by atoms with Gasteiger partial charge in [0.15, 0.2) is 5.76 Å². The number of ether oxygens (including phenoxy) is 4. The number of aliphatic hydroxyl groups is 1. The largest absolute Gasteiger partial charge is 0.497 e. The molecule has 1 aromatic rings. The number of amides is 1. The SMILES string of the molecule is COc1ccc([C@@H]2C=C(C(=O)N3CCOCC3)O[C@H](OCCCCO)C2)cc1. The van der Waals surface area contributed by atoms with Crippen LogP contribution in [0.2, 0.25) is 0 Å². The minimum Gasteiger partial charge on any atom is -0.497 e. The van der Waals surface area contributed by atoms with Crippen molar-refractivity contribution in [3.05, 3.63) is 41.7 Å². The number of allylic oxidation sites excluding steroid dienone is 1. The average molecular weight is 391 g/mol. The number of benzene rings is 1. The molecule has 1 amide bonds. The third-order valence-electron chi connectivity index (χ3n) is 4.97. The molecule has 7 heteroatoms. The molecular weight excluding hydrogens is 362 g/mol. The number of carbonyl (C=O) groups excluding carboxylic acids is 1. The molecule has 0 bridgehead atoms. The predicted molar refractivity (Wildman–Crippen MR) is 103 cm³/mol. The second kappa shape index (κ2) is 10.5. The van der Waals surface area contributed by atoms with Gasteiger partial charge in [0.1, 0.15) is 5.75 Å². The number of rotatable bonds is 8. The van der Waals surface area contributed by atoms with Gasteiger partial charge in [0.2, 0.25) is 6.29 Å². The Morgan fingerprint density at radius 3 is 2.64 bits per heavy atom. The zero-order valence-electron chi connectivity index (χ0n) is 16.3. The topological polar surface area (TPSA) is 77.5 Å². The van der Waals surface area contributed by atoms with Crippen LogP contribution < -0.4 is 4.74 Å². The molecule has 0 radical (unpaired) electrons. The molecular formula is C21H29NO6. The van der Waals surface area contributed by atoms with E-state index in [9.17, 15) is 4.79 Å². The number of hydrogen-bond donors (Lipinski definition) is 1. The highest BCUT2D eigenvalue weighted by atomic mass is 16.7. The summed E-state index contributed by atoms with van der Waals surface area (Å²) in [6.45, 7) is 2.84. The standard InChI is InChI=1S/C21H29NO6/c1-25-18-6-4-16(5-7-18)17-14-19(21(24)22-8-12-26-13-9-22)28-20(15-17)27-11-3-2-10-23/h4-7,14,17,20,23H,2-3,8-13,15H2,1H3/t17-,20+/m1/s1. The van der Waals surface area contributed by atoms with Gasteiger partial charge in [-0.15, -0.1) is 0 Å². The second-order valence-electron chi connectivity index (χ2n) is 6.90. The van der Waals surface area contributed by atoms with Crippen LogP contribution in [-0.2, 0) is 19.0 Å². The summed E-state index contributed by atoms with van der Waals surface area (Å²) < 4.78 is 22.3. The van der Waals surface area contributed by atoms with Crippen molar-refractivity contribution < 1.29 is 28.8 Å². The number of methoxy groups -OCH3 is 1. The highest BCUT2D eigenvalue weighted by Gasteiger charge is 2.31. The molecule has 1 N–H and O–H groups in total. The van der Waals surface area contributed by atoms with Crippen molar-refractivity contribution in [2.24, 2.45) is 0 Å². The van der Waals surface area contributed by atoms with Crippen molar-refractivity contribution in [2.45, 2.75) is 31.5 Å².